The number of aliphatic carboxylic acids is 8. The van der Waals surface area contributed by atoms with Crippen molar-refractivity contribution in [3.8, 4) is 0 Å². The second-order valence-corrected chi connectivity index (χ2v) is 23.1. The number of amides is 3. The van der Waals surface area contributed by atoms with Gasteiger partial charge in [0.25, 0.3) is 0 Å². The van der Waals surface area contributed by atoms with Crippen LogP contribution < -0.4 is 26.2 Å². The van der Waals surface area contributed by atoms with E-state index in [4.69, 9.17) is 29.7 Å². The van der Waals surface area contributed by atoms with Crippen LogP contribution in [0, 0.1) is 0 Å². The first-order valence-corrected chi connectivity index (χ1v) is 32.0. The Labute approximate surface area is 545 Å². The van der Waals surface area contributed by atoms with Crippen molar-refractivity contribution in [1.82, 2.24) is 55.2 Å². The van der Waals surface area contributed by atoms with E-state index < -0.39 is 97.8 Å². The Kier molecular flexibility index (Phi) is 36.4. The van der Waals surface area contributed by atoms with Crippen molar-refractivity contribution >= 4 is 83.2 Å². The number of hydrogen-bond donors (Lipinski definition) is 12. The van der Waals surface area contributed by atoms with Gasteiger partial charge in [-0.1, -0.05) is 64.0 Å². The maximum Gasteiger partial charge on any atom is 0.326 e. The summed E-state index contributed by atoms with van der Waals surface area (Å²) in [6.45, 7) is 3.96. The molecule has 0 saturated carbocycles. The molecule has 0 bridgehead atoms. The smallest absolute Gasteiger partial charge is 0.326 e. The largest absolute Gasteiger partial charge is 0.481 e. The van der Waals surface area contributed by atoms with Crippen LogP contribution in [0.3, 0.4) is 0 Å². The molecule has 526 valence electrons. The molecule has 2 fully saturated rings. The van der Waals surface area contributed by atoms with Gasteiger partial charge in [0, 0.05) is 110 Å². The molecule has 34 nitrogen and oxygen atoms in total. The van der Waals surface area contributed by atoms with Crippen LogP contribution in [-0.2, 0) is 59.0 Å². The van der Waals surface area contributed by atoms with Crippen LogP contribution in [0.4, 0.5) is 28.3 Å². The minimum Gasteiger partial charge on any atom is -0.481 e. The molecule has 3 atom stereocenters. The van der Waals surface area contributed by atoms with Crippen LogP contribution in [0.15, 0.2) is 24.3 Å². The fraction of sp³-hybridized carbons (Fsp3) is 0.683. The number of carboxylic acids is 8. The molecule has 0 spiro atoms. The molecule has 3 amide bonds. The van der Waals surface area contributed by atoms with Crippen molar-refractivity contribution in [3.63, 3.8) is 0 Å². The van der Waals surface area contributed by atoms with E-state index in [2.05, 4.69) is 33.2 Å². The van der Waals surface area contributed by atoms with Gasteiger partial charge in [-0.25, -0.2) is 19.4 Å². The molecule has 1 unspecified atom stereocenters. The number of rotatable bonds is 45. The average molecular weight is 1330 g/mol. The number of anilines is 4. The Morgan fingerprint density at radius 1 is 0.532 bits per heavy atom. The Balaban J connectivity index is 1.56. The topological polar surface area (TPSA) is 460 Å². The van der Waals surface area contributed by atoms with Gasteiger partial charge in [-0.2, -0.15) is 15.0 Å². The molecule has 2 saturated heterocycles. The van der Waals surface area contributed by atoms with Crippen LogP contribution in [0.5, 0.6) is 0 Å². The van der Waals surface area contributed by atoms with Crippen molar-refractivity contribution in [3.05, 3.63) is 29.8 Å². The average Bonchev–Trinajstić information content (AvgIpc) is 0.833. The first-order chi connectivity index (χ1) is 45.0. The SMILES string of the molecule is CCCCCCCCCCC(=O)N(CCCC[C@H](NC(=O)N[C@@H](CCC(=O)O)C(=O)O)C(=O)O)N1CCN(c2nc(NCCOCCOCCC(=O)O)nc(Nc3ccc(CC4CN(CC(=O)O)CCN(CC(=O)O)CCN(CC(=O)O)CCN4CC(=O)O)cc3)n2)CC1. The number of piperazine rings is 1. The minimum atomic E-state index is -1.57. The Hall–Kier alpha value is -8.15. The lowest BCUT2D eigenvalue weighted by Gasteiger charge is -2.41. The van der Waals surface area contributed by atoms with Crippen molar-refractivity contribution in [2.45, 2.75) is 128 Å². The second-order valence-electron chi connectivity index (χ2n) is 23.1. The number of hydrazine groups is 1. The summed E-state index contributed by atoms with van der Waals surface area (Å²) < 4.78 is 11.0. The number of urea groups is 1. The summed E-state index contributed by atoms with van der Waals surface area (Å²) in [5.41, 5.74) is 1.28. The number of benzene rings is 1. The molecule has 2 aliphatic heterocycles. The number of hydrogen-bond acceptors (Lipinski definition) is 23. The Morgan fingerprint density at radius 3 is 1.64 bits per heavy atom. The summed E-state index contributed by atoms with van der Waals surface area (Å²) in [6, 6.07) is 2.46. The lowest BCUT2D eigenvalue weighted by atomic mass is 10.0. The number of unbranched alkanes of at least 4 members (excludes halogenated alkanes) is 8. The van der Waals surface area contributed by atoms with Crippen LogP contribution >= 0.6 is 0 Å². The first kappa shape index (κ1) is 78.3. The van der Waals surface area contributed by atoms with Crippen molar-refractivity contribution in [2.24, 2.45) is 0 Å². The predicted octanol–water partition coefficient (Wildman–Crippen LogP) is 1.64. The van der Waals surface area contributed by atoms with Gasteiger partial charge in [0.1, 0.15) is 12.1 Å². The highest BCUT2D eigenvalue weighted by Gasteiger charge is 2.31. The summed E-state index contributed by atoms with van der Waals surface area (Å²) in [5, 5.41) is 91.2. The van der Waals surface area contributed by atoms with E-state index in [1.165, 1.54) is 6.42 Å². The van der Waals surface area contributed by atoms with Crippen LogP contribution in [0.25, 0.3) is 0 Å². The third kappa shape index (κ3) is 32.6. The van der Waals surface area contributed by atoms with Crippen LogP contribution in [0.2, 0.25) is 0 Å². The van der Waals surface area contributed by atoms with E-state index in [0.29, 0.717) is 44.7 Å². The minimum absolute atomic E-state index is 0.0375. The van der Waals surface area contributed by atoms with Crippen molar-refractivity contribution in [2.75, 3.05) is 153 Å². The highest BCUT2D eigenvalue weighted by atomic mass is 16.5. The third-order valence-corrected chi connectivity index (χ3v) is 15.6. The highest BCUT2D eigenvalue weighted by Crippen LogP contribution is 2.23. The molecule has 2 aliphatic rings. The first-order valence-electron chi connectivity index (χ1n) is 32.0. The lowest BCUT2D eigenvalue weighted by Crippen LogP contribution is -2.56. The van der Waals surface area contributed by atoms with E-state index in [1.54, 1.807) is 36.7 Å². The van der Waals surface area contributed by atoms with Gasteiger partial charge in [0.05, 0.1) is 59.0 Å². The maximum absolute atomic E-state index is 14.1. The normalized spacial score (nSPS) is 16.4. The van der Waals surface area contributed by atoms with E-state index in [0.717, 1.165) is 44.1 Å². The van der Waals surface area contributed by atoms with E-state index in [1.807, 2.05) is 22.0 Å². The van der Waals surface area contributed by atoms with Gasteiger partial charge in [-0.15, -0.1) is 0 Å². The molecule has 4 rings (SSSR count). The molecule has 0 aliphatic carbocycles. The summed E-state index contributed by atoms with van der Waals surface area (Å²) in [6.07, 6.45) is 8.16. The zero-order valence-electron chi connectivity index (χ0n) is 53.7. The van der Waals surface area contributed by atoms with Crippen LogP contribution in [0.1, 0.15) is 109 Å². The fourth-order valence-electron chi connectivity index (χ4n) is 10.7. The lowest BCUT2D eigenvalue weighted by molar-refractivity contribution is -0.150. The zero-order chi connectivity index (χ0) is 68.8. The van der Waals surface area contributed by atoms with Gasteiger partial charge < -0.3 is 76.5 Å². The molecule has 94 heavy (non-hydrogen) atoms. The number of nitrogens with one attached hydrogen (secondary N) is 4. The summed E-state index contributed by atoms with van der Waals surface area (Å²) in [5.74, 6) is -9.10. The summed E-state index contributed by atoms with van der Waals surface area (Å²) >= 11 is 0. The molecule has 1 aromatic heterocycles. The number of aromatic nitrogens is 3. The standard InChI is InChI=1S/C60H96N14O20/c1-2-3-4-5-6-7-8-9-13-48(75)74(22-11-10-12-46(55(88)89)63-60(92)64-47(56(90)91)18-19-49(76)77)73-31-29-71(30-32-73)59-66-57(61-21-34-94-36-35-93-33-20-50(78)79)65-58(67-59)62-44-16-14-43(15-17-44)37-45-38-70(41-53(84)85)26-25-68(39-51(80)81)23-24-69(40-52(82)83)27-28-72(45)42-54(86)87/h14-17,45-47H,2-13,18-42H2,1H3,(H,76,77)(H,78,79)(H,80,81)(H,82,83)(H,84,85)(H,86,87)(H,88,89)(H,90,91)(H2,63,64,92)(H2,61,62,65,66,67)/t45?,46-,47-/m0/s1. The third-order valence-electron chi connectivity index (χ3n) is 15.6. The molecule has 0 radical (unpaired) electrons. The molecule has 12 N–H and O–H groups in total. The van der Waals surface area contributed by atoms with Gasteiger partial charge in [-0.3, -0.25) is 58.2 Å². The number of carboxylic acid groups (broad SMARTS) is 8. The molecule has 34 heteroatoms. The highest BCUT2D eigenvalue weighted by molar-refractivity contribution is 5.86. The quantitative estimate of drug-likeness (QED) is 0.0419. The molecular formula is C60H96N14O20. The number of carbonyl (C=O) groups excluding carboxylic acids is 2. The van der Waals surface area contributed by atoms with Gasteiger partial charge >= 0.3 is 53.8 Å². The fourth-order valence-corrected chi connectivity index (χ4v) is 10.7. The van der Waals surface area contributed by atoms with Crippen molar-refractivity contribution in [1.29, 1.82) is 0 Å². The van der Waals surface area contributed by atoms with Crippen molar-refractivity contribution < 1.29 is 98.3 Å². The summed E-state index contributed by atoms with van der Waals surface area (Å²) in [7, 11) is 0. The number of ether oxygens (including phenoxy) is 2. The Morgan fingerprint density at radius 2 is 1.06 bits per heavy atom. The number of carbonyl (C=O) groups is 10. The number of nitrogens with zero attached hydrogens (tertiary/aromatic N) is 10. The van der Waals surface area contributed by atoms with Gasteiger partial charge in [0.15, 0.2) is 0 Å². The van der Waals surface area contributed by atoms with Crippen LogP contribution in [-0.4, -0.2) is 301 Å². The predicted molar refractivity (Wildman–Crippen MR) is 339 cm³/mol. The van der Waals surface area contributed by atoms with E-state index in [-0.39, 0.29) is 154 Å². The van der Waals surface area contributed by atoms with E-state index in [9.17, 15) is 78.6 Å². The molecule has 3 heterocycles. The molecular weight excluding hydrogens is 1240 g/mol. The molecule has 2 aromatic rings. The van der Waals surface area contributed by atoms with Gasteiger partial charge in [-0.05, 0) is 56.2 Å². The second kappa shape index (κ2) is 43.7. The maximum atomic E-state index is 14.1. The Bertz CT molecular complexity index is 2710. The molecule has 1 aromatic carbocycles. The zero-order valence-corrected chi connectivity index (χ0v) is 53.7. The van der Waals surface area contributed by atoms with Gasteiger partial charge in [0.2, 0.25) is 23.8 Å². The van der Waals surface area contributed by atoms with E-state index >= 15 is 0 Å². The summed E-state index contributed by atoms with van der Waals surface area (Å²) in [4.78, 5) is 144. The monoisotopic (exact) mass is 1330 g/mol.